The van der Waals surface area contributed by atoms with Crippen LogP contribution in [0.25, 0.3) is 0 Å². The zero-order valence-electron chi connectivity index (χ0n) is 11.4. The molecule has 0 amide bonds. The number of nitrogens with zero attached hydrogens (tertiary/aromatic N) is 1. The SMILES string of the molecule is BrCC1CCCCN1CCc1ccc2c(c1)CCO2. The van der Waals surface area contributed by atoms with Gasteiger partial charge in [0.05, 0.1) is 6.61 Å². The number of rotatable bonds is 4. The van der Waals surface area contributed by atoms with Gasteiger partial charge in [-0.2, -0.15) is 0 Å². The largest absolute Gasteiger partial charge is 0.493 e. The van der Waals surface area contributed by atoms with Crippen LogP contribution in [0.1, 0.15) is 30.4 Å². The van der Waals surface area contributed by atoms with Gasteiger partial charge in [0.15, 0.2) is 0 Å². The minimum Gasteiger partial charge on any atom is -0.493 e. The van der Waals surface area contributed by atoms with Crippen molar-refractivity contribution in [3.8, 4) is 5.75 Å². The van der Waals surface area contributed by atoms with Crippen LogP contribution in [0.5, 0.6) is 5.75 Å². The van der Waals surface area contributed by atoms with E-state index in [9.17, 15) is 0 Å². The van der Waals surface area contributed by atoms with E-state index in [0.29, 0.717) is 0 Å². The molecule has 2 aliphatic heterocycles. The monoisotopic (exact) mass is 323 g/mol. The number of likely N-dealkylation sites (tertiary alicyclic amines) is 1. The second kappa shape index (κ2) is 6.27. The molecule has 2 heterocycles. The Kier molecular flexibility index (Phi) is 4.44. The maximum Gasteiger partial charge on any atom is 0.122 e. The first-order valence-electron chi connectivity index (χ1n) is 7.41. The van der Waals surface area contributed by atoms with E-state index < -0.39 is 0 Å². The lowest BCUT2D eigenvalue weighted by Crippen LogP contribution is -2.41. The first kappa shape index (κ1) is 13.4. The molecule has 19 heavy (non-hydrogen) atoms. The molecule has 0 bridgehead atoms. The number of fused-ring (bicyclic) bond motifs is 1. The predicted octanol–water partition coefficient (Wildman–Crippen LogP) is 3.41. The summed E-state index contributed by atoms with van der Waals surface area (Å²) in [5, 5.41) is 1.12. The van der Waals surface area contributed by atoms with Crippen LogP contribution in [0.4, 0.5) is 0 Å². The van der Waals surface area contributed by atoms with Crippen LogP contribution < -0.4 is 4.74 Å². The Labute approximate surface area is 124 Å². The summed E-state index contributed by atoms with van der Waals surface area (Å²) in [5.74, 6) is 1.10. The van der Waals surface area contributed by atoms with E-state index in [1.807, 2.05) is 0 Å². The van der Waals surface area contributed by atoms with Crippen molar-refractivity contribution in [3.05, 3.63) is 29.3 Å². The maximum atomic E-state index is 5.57. The fraction of sp³-hybridized carbons (Fsp3) is 0.625. The molecule has 3 rings (SSSR count). The molecule has 1 fully saturated rings. The Morgan fingerprint density at radius 1 is 1.32 bits per heavy atom. The van der Waals surface area contributed by atoms with Gasteiger partial charge >= 0.3 is 0 Å². The lowest BCUT2D eigenvalue weighted by Gasteiger charge is -2.34. The zero-order chi connectivity index (χ0) is 13.1. The first-order valence-corrected chi connectivity index (χ1v) is 8.53. The molecule has 1 atom stereocenters. The van der Waals surface area contributed by atoms with E-state index >= 15 is 0 Å². The van der Waals surface area contributed by atoms with E-state index in [-0.39, 0.29) is 0 Å². The predicted molar refractivity (Wildman–Crippen MR) is 82.4 cm³/mol. The normalized spacial score (nSPS) is 23.1. The molecule has 1 aromatic rings. The van der Waals surface area contributed by atoms with Gasteiger partial charge in [0.1, 0.15) is 5.75 Å². The van der Waals surface area contributed by atoms with Crippen LogP contribution in [0.2, 0.25) is 0 Å². The molecule has 0 aromatic heterocycles. The number of benzene rings is 1. The summed E-state index contributed by atoms with van der Waals surface area (Å²) in [6, 6.07) is 7.47. The van der Waals surface area contributed by atoms with Crippen molar-refractivity contribution < 1.29 is 4.74 Å². The van der Waals surface area contributed by atoms with Crippen molar-refractivity contribution >= 4 is 15.9 Å². The molecule has 3 heteroatoms. The molecular formula is C16H22BrNO. The van der Waals surface area contributed by atoms with Crippen molar-refractivity contribution in [3.63, 3.8) is 0 Å². The van der Waals surface area contributed by atoms with Gasteiger partial charge in [-0.15, -0.1) is 0 Å². The highest BCUT2D eigenvalue weighted by molar-refractivity contribution is 9.09. The fourth-order valence-electron chi connectivity index (χ4n) is 3.20. The third kappa shape index (κ3) is 3.14. The third-order valence-corrected chi connectivity index (χ3v) is 5.12. The molecule has 2 aliphatic rings. The van der Waals surface area contributed by atoms with Crippen LogP contribution in [-0.4, -0.2) is 36.0 Å². The average Bonchev–Trinajstić information content (AvgIpc) is 2.93. The van der Waals surface area contributed by atoms with E-state index in [0.717, 1.165) is 36.6 Å². The van der Waals surface area contributed by atoms with Gasteiger partial charge in [-0.25, -0.2) is 0 Å². The summed E-state index contributed by atoms with van der Waals surface area (Å²) < 4.78 is 5.57. The topological polar surface area (TPSA) is 12.5 Å². The van der Waals surface area contributed by atoms with Crippen molar-refractivity contribution in [2.24, 2.45) is 0 Å². The average molecular weight is 324 g/mol. The van der Waals surface area contributed by atoms with Crippen LogP contribution in [0.3, 0.4) is 0 Å². The second-order valence-electron chi connectivity index (χ2n) is 5.63. The summed E-state index contributed by atoms with van der Waals surface area (Å²) >= 11 is 3.66. The van der Waals surface area contributed by atoms with Gasteiger partial charge in [0.2, 0.25) is 0 Å². The Morgan fingerprint density at radius 2 is 2.26 bits per heavy atom. The Balaban J connectivity index is 1.59. The van der Waals surface area contributed by atoms with Gasteiger partial charge in [-0.3, -0.25) is 4.90 Å². The molecular weight excluding hydrogens is 302 g/mol. The fourth-order valence-corrected chi connectivity index (χ4v) is 3.93. The number of alkyl halides is 1. The highest BCUT2D eigenvalue weighted by Crippen LogP contribution is 2.26. The molecule has 2 nitrogen and oxygen atoms in total. The van der Waals surface area contributed by atoms with Crippen LogP contribution in [-0.2, 0) is 12.8 Å². The Bertz CT molecular complexity index is 435. The standard InChI is InChI=1S/C16H22BrNO/c17-12-15-3-1-2-8-18(15)9-6-13-4-5-16-14(11-13)7-10-19-16/h4-5,11,15H,1-3,6-10,12H2. The van der Waals surface area contributed by atoms with Crippen LogP contribution >= 0.6 is 15.9 Å². The van der Waals surface area contributed by atoms with Gasteiger partial charge in [-0.1, -0.05) is 34.5 Å². The molecule has 0 spiro atoms. The van der Waals surface area contributed by atoms with Crippen molar-refractivity contribution in [2.75, 3.05) is 25.0 Å². The highest BCUT2D eigenvalue weighted by Gasteiger charge is 2.21. The van der Waals surface area contributed by atoms with Crippen molar-refractivity contribution in [2.45, 2.75) is 38.1 Å². The van der Waals surface area contributed by atoms with Crippen molar-refractivity contribution in [1.82, 2.24) is 4.90 Å². The number of hydrogen-bond donors (Lipinski definition) is 0. The Morgan fingerprint density at radius 3 is 3.16 bits per heavy atom. The van der Waals surface area contributed by atoms with Gasteiger partial charge < -0.3 is 4.74 Å². The number of hydrogen-bond acceptors (Lipinski definition) is 2. The quantitative estimate of drug-likeness (QED) is 0.787. The molecule has 1 unspecified atom stereocenters. The van der Waals surface area contributed by atoms with Gasteiger partial charge in [0, 0.05) is 24.3 Å². The van der Waals surface area contributed by atoms with E-state index in [1.165, 1.54) is 43.5 Å². The smallest absolute Gasteiger partial charge is 0.122 e. The lowest BCUT2D eigenvalue weighted by atomic mass is 10.0. The van der Waals surface area contributed by atoms with Gasteiger partial charge in [0.25, 0.3) is 0 Å². The number of ether oxygens (including phenoxy) is 1. The highest BCUT2D eigenvalue weighted by atomic mass is 79.9. The molecule has 104 valence electrons. The molecule has 1 saturated heterocycles. The summed E-state index contributed by atoms with van der Waals surface area (Å²) in [6.45, 7) is 3.32. The molecule has 1 aromatic carbocycles. The van der Waals surface area contributed by atoms with Crippen molar-refractivity contribution in [1.29, 1.82) is 0 Å². The molecule has 0 N–H and O–H groups in total. The van der Waals surface area contributed by atoms with Crippen LogP contribution in [0, 0.1) is 0 Å². The lowest BCUT2D eigenvalue weighted by molar-refractivity contribution is 0.167. The first-order chi connectivity index (χ1) is 9.36. The van der Waals surface area contributed by atoms with Crippen LogP contribution in [0.15, 0.2) is 18.2 Å². The summed E-state index contributed by atoms with van der Waals surface area (Å²) in [6.07, 6.45) is 6.35. The van der Waals surface area contributed by atoms with E-state index in [2.05, 4.69) is 39.0 Å². The number of halogens is 1. The van der Waals surface area contributed by atoms with E-state index in [4.69, 9.17) is 4.74 Å². The van der Waals surface area contributed by atoms with Gasteiger partial charge in [-0.05, 0) is 43.0 Å². The third-order valence-electron chi connectivity index (χ3n) is 4.37. The Hall–Kier alpha value is -0.540. The zero-order valence-corrected chi connectivity index (χ0v) is 13.0. The second-order valence-corrected chi connectivity index (χ2v) is 6.28. The molecule has 0 aliphatic carbocycles. The minimum atomic E-state index is 0.742. The summed E-state index contributed by atoms with van der Waals surface area (Å²) in [4.78, 5) is 2.65. The maximum absolute atomic E-state index is 5.57. The summed E-state index contributed by atoms with van der Waals surface area (Å²) in [7, 11) is 0. The summed E-state index contributed by atoms with van der Waals surface area (Å²) in [5.41, 5.74) is 2.86. The molecule has 0 saturated carbocycles. The molecule has 0 radical (unpaired) electrons. The minimum absolute atomic E-state index is 0.742. The number of piperidine rings is 1. The van der Waals surface area contributed by atoms with E-state index in [1.54, 1.807) is 0 Å².